The fourth-order valence-corrected chi connectivity index (χ4v) is 2.51. The van der Waals surface area contributed by atoms with E-state index in [0.29, 0.717) is 18.8 Å². The molecule has 0 saturated carbocycles. The molecule has 0 aromatic carbocycles. The van der Waals surface area contributed by atoms with Crippen molar-refractivity contribution >= 4 is 5.91 Å². The number of carbonyl (C=O) groups is 1. The number of hydrogen-bond acceptors (Lipinski definition) is 4. The smallest absolute Gasteiger partial charge is 0.271 e. The van der Waals surface area contributed by atoms with Gasteiger partial charge in [0.15, 0.2) is 0 Å². The van der Waals surface area contributed by atoms with Crippen LogP contribution in [0.5, 0.6) is 0 Å². The van der Waals surface area contributed by atoms with E-state index in [9.17, 15) is 9.90 Å². The molecule has 1 saturated heterocycles. The number of hydrogen-bond donors (Lipinski definition) is 3. The zero-order valence-corrected chi connectivity index (χ0v) is 12.6. The van der Waals surface area contributed by atoms with Crippen LogP contribution in [0.15, 0.2) is 6.07 Å². The van der Waals surface area contributed by atoms with Crippen LogP contribution in [0, 0.1) is 12.8 Å². The van der Waals surface area contributed by atoms with E-state index in [1.54, 1.807) is 6.07 Å². The molecule has 2 rings (SSSR count). The van der Waals surface area contributed by atoms with E-state index in [1.807, 2.05) is 11.6 Å². The topological polar surface area (TPSA) is 79.2 Å². The first-order valence-corrected chi connectivity index (χ1v) is 7.03. The lowest BCUT2D eigenvalue weighted by atomic mass is 10.1. The number of aryl methyl sites for hydroxylation is 1. The van der Waals surface area contributed by atoms with Gasteiger partial charge in [0.2, 0.25) is 0 Å². The summed E-state index contributed by atoms with van der Waals surface area (Å²) in [7, 11) is 0. The Morgan fingerprint density at radius 3 is 2.75 bits per heavy atom. The quantitative estimate of drug-likeness (QED) is 0.742. The predicted octanol–water partition coefficient (Wildman–Crippen LogP) is 0.257. The van der Waals surface area contributed by atoms with Gasteiger partial charge in [-0.25, -0.2) is 0 Å². The summed E-state index contributed by atoms with van der Waals surface area (Å²) < 4.78 is 1.86. The minimum atomic E-state index is -0.385. The van der Waals surface area contributed by atoms with Crippen molar-refractivity contribution in [1.29, 1.82) is 0 Å². The summed E-state index contributed by atoms with van der Waals surface area (Å²) in [6.07, 6.45) is -0.385. The number of aromatic nitrogens is 2. The molecule has 1 aromatic rings. The zero-order valence-electron chi connectivity index (χ0n) is 12.6. The standard InChI is InChI=1S/C14H24N4O2/c1-9-5-11(17-18(9)14(2,3)4)13(20)16-7-10-6-15-8-12(10)19/h5,10,12,15,19H,6-8H2,1-4H3,(H,16,20). The Bertz CT molecular complexity index is 490. The highest BCUT2D eigenvalue weighted by molar-refractivity contribution is 5.92. The number of nitrogens with zero attached hydrogens (tertiary/aromatic N) is 2. The molecular weight excluding hydrogens is 256 g/mol. The fraction of sp³-hybridized carbons (Fsp3) is 0.714. The average Bonchev–Trinajstić information content (AvgIpc) is 2.92. The second-order valence-corrected chi connectivity index (χ2v) is 6.45. The van der Waals surface area contributed by atoms with Crippen LogP contribution in [0.3, 0.4) is 0 Å². The number of nitrogens with one attached hydrogen (secondary N) is 2. The Hall–Kier alpha value is -1.40. The molecule has 0 radical (unpaired) electrons. The van der Waals surface area contributed by atoms with Crippen LogP contribution < -0.4 is 10.6 Å². The van der Waals surface area contributed by atoms with Gasteiger partial charge in [0.05, 0.1) is 11.6 Å². The van der Waals surface area contributed by atoms with Gasteiger partial charge in [0.25, 0.3) is 5.91 Å². The molecule has 1 aliphatic rings. The molecule has 2 heterocycles. The van der Waals surface area contributed by atoms with E-state index < -0.39 is 0 Å². The van der Waals surface area contributed by atoms with Gasteiger partial charge < -0.3 is 15.7 Å². The molecule has 1 fully saturated rings. The van der Waals surface area contributed by atoms with Crippen molar-refractivity contribution in [3.05, 3.63) is 17.5 Å². The first-order chi connectivity index (χ1) is 9.29. The number of aliphatic hydroxyl groups excluding tert-OH is 1. The molecule has 2 atom stereocenters. The lowest BCUT2D eigenvalue weighted by Crippen LogP contribution is -2.34. The van der Waals surface area contributed by atoms with E-state index in [2.05, 4.69) is 36.5 Å². The van der Waals surface area contributed by atoms with Crippen molar-refractivity contribution in [1.82, 2.24) is 20.4 Å². The van der Waals surface area contributed by atoms with Gasteiger partial charge in [-0.15, -0.1) is 0 Å². The maximum Gasteiger partial charge on any atom is 0.271 e. The maximum atomic E-state index is 12.1. The van der Waals surface area contributed by atoms with Crippen molar-refractivity contribution in [2.24, 2.45) is 5.92 Å². The van der Waals surface area contributed by atoms with Crippen LogP contribution in [0.25, 0.3) is 0 Å². The van der Waals surface area contributed by atoms with Crippen molar-refractivity contribution < 1.29 is 9.90 Å². The Labute approximate surface area is 119 Å². The molecule has 0 aliphatic carbocycles. The molecule has 0 bridgehead atoms. The molecular formula is C14H24N4O2. The highest BCUT2D eigenvalue weighted by Crippen LogP contribution is 2.16. The summed E-state index contributed by atoms with van der Waals surface area (Å²) in [5.74, 6) is -0.111. The van der Waals surface area contributed by atoms with Crippen LogP contribution in [0.1, 0.15) is 37.0 Å². The molecule has 6 heteroatoms. The molecule has 3 N–H and O–H groups in total. The first kappa shape index (κ1) is 15.0. The Morgan fingerprint density at radius 1 is 1.55 bits per heavy atom. The van der Waals surface area contributed by atoms with Crippen molar-refractivity contribution in [3.8, 4) is 0 Å². The molecule has 6 nitrogen and oxygen atoms in total. The second-order valence-electron chi connectivity index (χ2n) is 6.45. The summed E-state index contributed by atoms with van der Waals surface area (Å²) in [5, 5.41) is 20.0. The van der Waals surface area contributed by atoms with E-state index in [-0.39, 0.29) is 23.5 Å². The van der Waals surface area contributed by atoms with Crippen LogP contribution in [0.4, 0.5) is 0 Å². The molecule has 1 aliphatic heterocycles. The third-order valence-electron chi connectivity index (χ3n) is 3.58. The van der Waals surface area contributed by atoms with Crippen molar-refractivity contribution in [3.63, 3.8) is 0 Å². The van der Waals surface area contributed by atoms with Crippen LogP contribution in [0.2, 0.25) is 0 Å². The summed E-state index contributed by atoms with van der Waals surface area (Å²) in [4.78, 5) is 12.1. The lowest BCUT2D eigenvalue weighted by Gasteiger charge is -2.21. The van der Waals surface area contributed by atoms with Crippen LogP contribution in [-0.4, -0.2) is 46.5 Å². The predicted molar refractivity (Wildman–Crippen MR) is 76.7 cm³/mol. The number of aliphatic hydroxyl groups is 1. The molecule has 20 heavy (non-hydrogen) atoms. The largest absolute Gasteiger partial charge is 0.391 e. The summed E-state index contributed by atoms with van der Waals surface area (Å²) >= 11 is 0. The van der Waals surface area contributed by atoms with Gasteiger partial charge in [0, 0.05) is 31.2 Å². The molecule has 1 aromatic heterocycles. The van der Waals surface area contributed by atoms with E-state index >= 15 is 0 Å². The minimum Gasteiger partial charge on any atom is -0.391 e. The van der Waals surface area contributed by atoms with Gasteiger partial charge in [-0.3, -0.25) is 9.48 Å². The third-order valence-corrected chi connectivity index (χ3v) is 3.58. The fourth-order valence-electron chi connectivity index (χ4n) is 2.51. The number of carbonyl (C=O) groups excluding carboxylic acids is 1. The third kappa shape index (κ3) is 3.19. The summed E-state index contributed by atoms with van der Waals surface area (Å²) in [6.45, 7) is 9.89. The van der Waals surface area contributed by atoms with Gasteiger partial charge in [-0.2, -0.15) is 5.10 Å². The number of β-amino-alcohol motifs (C(OH)–C–C–N with tert-alkyl or cyclic N) is 1. The number of rotatable bonds is 3. The molecule has 0 spiro atoms. The Balaban J connectivity index is 1.99. The Morgan fingerprint density at radius 2 is 2.25 bits per heavy atom. The van der Waals surface area contributed by atoms with E-state index in [4.69, 9.17) is 0 Å². The summed E-state index contributed by atoms with van der Waals surface area (Å²) in [5.41, 5.74) is 1.25. The highest BCUT2D eigenvalue weighted by Gasteiger charge is 2.26. The van der Waals surface area contributed by atoms with Gasteiger partial charge >= 0.3 is 0 Å². The van der Waals surface area contributed by atoms with Gasteiger partial charge in [0.1, 0.15) is 5.69 Å². The summed E-state index contributed by atoms with van der Waals surface area (Å²) in [6, 6.07) is 1.80. The normalized spacial score (nSPS) is 23.1. The second kappa shape index (κ2) is 5.54. The average molecular weight is 280 g/mol. The van der Waals surface area contributed by atoms with Crippen LogP contribution in [-0.2, 0) is 5.54 Å². The molecule has 2 unspecified atom stereocenters. The lowest BCUT2D eigenvalue weighted by molar-refractivity contribution is 0.0920. The Kier molecular flexibility index (Phi) is 4.15. The highest BCUT2D eigenvalue weighted by atomic mass is 16.3. The van der Waals surface area contributed by atoms with E-state index in [1.165, 1.54) is 0 Å². The number of amides is 1. The van der Waals surface area contributed by atoms with Crippen molar-refractivity contribution in [2.75, 3.05) is 19.6 Å². The van der Waals surface area contributed by atoms with Crippen molar-refractivity contribution in [2.45, 2.75) is 39.3 Å². The van der Waals surface area contributed by atoms with E-state index in [0.717, 1.165) is 12.2 Å². The molecule has 1 amide bonds. The SMILES string of the molecule is Cc1cc(C(=O)NCC2CNCC2O)nn1C(C)(C)C. The first-order valence-electron chi connectivity index (χ1n) is 7.03. The maximum absolute atomic E-state index is 12.1. The van der Waals surface area contributed by atoms with Gasteiger partial charge in [-0.1, -0.05) is 0 Å². The zero-order chi connectivity index (χ0) is 14.9. The minimum absolute atomic E-state index is 0.0738. The monoisotopic (exact) mass is 280 g/mol. The molecule has 112 valence electrons. The van der Waals surface area contributed by atoms with Crippen LogP contribution >= 0.6 is 0 Å². The van der Waals surface area contributed by atoms with Gasteiger partial charge in [-0.05, 0) is 33.8 Å².